The molecular formula is C11H19NO. The zero-order chi connectivity index (χ0) is 10.1. The lowest BCUT2D eigenvalue weighted by atomic mass is 9.87. The van der Waals surface area contributed by atoms with Gasteiger partial charge in [-0.3, -0.25) is 4.79 Å². The molecule has 1 aliphatic rings. The molecule has 0 aromatic rings. The summed E-state index contributed by atoms with van der Waals surface area (Å²) in [4.78, 5) is 11.5. The van der Waals surface area contributed by atoms with E-state index in [4.69, 9.17) is 0 Å². The Morgan fingerprint density at radius 1 is 1.54 bits per heavy atom. The first-order valence-electron chi connectivity index (χ1n) is 4.91. The van der Waals surface area contributed by atoms with Crippen LogP contribution in [0.5, 0.6) is 0 Å². The molecule has 0 heterocycles. The fourth-order valence-corrected chi connectivity index (χ4v) is 1.00. The number of nitrogens with one attached hydrogen (secondary N) is 1. The average Bonchev–Trinajstić information content (AvgIpc) is 1.79. The quantitative estimate of drug-likeness (QED) is 0.695. The molecule has 1 amide bonds. The maximum absolute atomic E-state index is 11.5. The van der Waals surface area contributed by atoms with Gasteiger partial charge in [0, 0.05) is 11.6 Å². The Kier molecular flexibility index (Phi) is 2.79. The highest BCUT2D eigenvalue weighted by Crippen LogP contribution is 2.21. The first-order valence-corrected chi connectivity index (χ1v) is 4.91. The monoisotopic (exact) mass is 181 g/mol. The van der Waals surface area contributed by atoms with E-state index in [9.17, 15) is 4.79 Å². The van der Waals surface area contributed by atoms with Gasteiger partial charge in [0.1, 0.15) is 0 Å². The lowest BCUT2D eigenvalue weighted by Crippen LogP contribution is -2.42. The smallest absolute Gasteiger partial charge is 0.247 e. The highest BCUT2D eigenvalue weighted by atomic mass is 16.1. The molecule has 0 bridgehead atoms. The summed E-state index contributed by atoms with van der Waals surface area (Å²) < 4.78 is 0. The number of allylic oxidation sites excluding steroid dienone is 1. The van der Waals surface area contributed by atoms with E-state index >= 15 is 0 Å². The largest absolute Gasteiger partial charge is 0.349 e. The van der Waals surface area contributed by atoms with E-state index in [1.807, 2.05) is 6.08 Å². The Morgan fingerprint density at radius 3 is 2.38 bits per heavy atom. The van der Waals surface area contributed by atoms with E-state index in [1.165, 1.54) is 0 Å². The molecule has 0 aromatic heterocycles. The number of amides is 1. The van der Waals surface area contributed by atoms with Gasteiger partial charge in [-0.25, -0.2) is 0 Å². The molecule has 1 rings (SSSR count). The summed E-state index contributed by atoms with van der Waals surface area (Å²) in [6.45, 7) is 8.45. The first kappa shape index (κ1) is 10.3. The van der Waals surface area contributed by atoms with Crippen LogP contribution in [0.2, 0.25) is 0 Å². The zero-order valence-electron chi connectivity index (χ0n) is 8.98. The first-order chi connectivity index (χ1) is 5.91. The molecule has 0 fully saturated rings. The van der Waals surface area contributed by atoms with E-state index in [0.717, 1.165) is 18.4 Å². The molecular weight excluding hydrogens is 162 g/mol. The summed E-state index contributed by atoms with van der Waals surface area (Å²) in [6.07, 6.45) is 4.01. The van der Waals surface area contributed by atoms with Gasteiger partial charge >= 0.3 is 0 Å². The third-order valence-corrected chi connectivity index (χ3v) is 2.74. The van der Waals surface area contributed by atoms with Crippen LogP contribution in [0.4, 0.5) is 0 Å². The minimum absolute atomic E-state index is 0.119. The molecule has 0 aromatic carbocycles. The normalized spacial score (nSPS) is 18.6. The van der Waals surface area contributed by atoms with Gasteiger partial charge in [-0.15, -0.1) is 0 Å². The van der Waals surface area contributed by atoms with Crippen molar-refractivity contribution in [2.75, 3.05) is 0 Å². The molecule has 1 unspecified atom stereocenters. The van der Waals surface area contributed by atoms with Gasteiger partial charge in [-0.1, -0.05) is 26.8 Å². The Labute approximate surface area is 80.4 Å². The van der Waals surface area contributed by atoms with Crippen LogP contribution in [0.25, 0.3) is 0 Å². The molecule has 1 N–H and O–H groups in total. The Bertz CT molecular complexity index is 235. The Balaban J connectivity index is 2.44. The van der Waals surface area contributed by atoms with Crippen molar-refractivity contribution in [1.29, 1.82) is 0 Å². The number of carbonyl (C=O) groups is 1. The van der Waals surface area contributed by atoms with Crippen LogP contribution in [0.3, 0.4) is 0 Å². The van der Waals surface area contributed by atoms with Gasteiger partial charge in [0.2, 0.25) is 5.91 Å². The molecule has 0 saturated carbocycles. The van der Waals surface area contributed by atoms with Gasteiger partial charge in [-0.2, -0.15) is 0 Å². The zero-order valence-corrected chi connectivity index (χ0v) is 8.98. The van der Waals surface area contributed by atoms with Crippen LogP contribution < -0.4 is 5.32 Å². The predicted molar refractivity (Wildman–Crippen MR) is 54.4 cm³/mol. The van der Waals surface area contributed by atoms with Crippen LogP contribution >= 0.6 is 0 Å². The van der Waals surface area contributed by atoms with Crippen molar-refractivity contribution in [2.24, 2.45) is 5.41 Å². The number of hydrogen-bond donors (Lipinski definition) is 1. The maximum atomic E-state index is 11.5. The van der Waals surface area contributed by atoms with Crippen molar-refractivity contribution < 1.29 is 4.79 Å². The highest BCUT2D eigenvalue weighted by molar-refractivity contribution is 5.94. The molecule has 1 atom stereocenters. The molecule has 74 valence electrons. The van der Waals surface area contributed by atoms with E-state index in [0.29, 0.717) is 0 Å². The summed E-state index contributed by atoms with van der Waals surface area (Å²) in [6, 6.07) is 0.224. The fourth-order valence-electron chi connectivity index (χ4n) is 1.00. The Morgan fingerprint density at radius 2 is 2.08 bits per heavy atom. The summed E-state index contributed by atoms with van der Waals surface area (Å²) in [5, 5.41) is 3.01. The van der Waals surface area contributed by atoms with Crippen molar-refractivity contribution in [3.8, 4) is 0 Å². The Hall–Kier alpha value is -0.790. The van der Waals surface area contributed by atoms with Gasteiger partial charge < -0.3 is 5.32 Å². The van der Waals surface area contributed by atoms with E-state index < -0.39 is 0 Å². The molecule has 0 spiro atoms. The lowest BCUT2D eigenvalue weighted by molar-refractivity contribution is -0.119. The molecule has 2 heteroatoms. The summed E-state index contributed by atoms with van der Waals surface area (Å²) >= 11 is 0. The SMILES string of the molecule is CC(NC(=O)C1=CCC1)C(C)(C)C. The second-order valence-electron chi connectivity index (χ2n) is 4.83. The number of hydrogen-bond acceptors (Lipinski definition) is 1. The van der Waals surface area contributed by atoms with Gasteiger partial charge in [0.15, 0.2) is 0 Å². The lowest BCUT2D eigenvalue weighted by Gasteiger charge is -2.29. The fraction of sp³-hybridized carbons (Fsp3) is 0.727. The minimum Gasteiger partial charge on any atom is -0.349 e. The van der Waals surface area contributed by atoms with Crippen LogP contribution in [-0.4, -0.2) is 11.9 Å². The number of carbonyl (C=O) groups excluding carboxylic acids is 1. The number of rotatable bonds is 2. The predicted octanol–water partition coefficient (Wildman–Crippen LogP) is 2.26. The standard InChI is InChI=1S/C11H19NO/c1-8(11(2,3)4)12-10(13)9-6-5-7-9/h6,8H,5,7H2,1-4H3,(H,12,13). The van der Waals surface area contributed by atoms with Crippen LogP contribution in [0, 0.1) is 5.41 Å². The summed E-state index contributed by atoms with van der Waals surface area (Å²) in [5.41, 5.74) is 1.09. The minimum atomic E-state index is 0.119. The van der Waals surface area contributed by atoms with Crippen molar-refractivity contribution in [1.82, 2.24) is 5.32 Å². The van der Waals surface area contributed by atoms with Gasteiger partial charge in [0.25, 0.3) is 0 Å². The van der Waals surface area contributed by atoms with Crippen LogP contribution in [0.15, 0.2) is 11.6 Å². The second kappa shape index (κ2) is 3.52. The molecule has 0 saturated heterocycles. The van der Waals surface area contributed by atoms with E-state index in [2.05, 4.69) is 33.0 Å². The molecule has 13 heavy (non-hydrogen) atoms. The second-order valence-corrected chi connectivity index (χ2v) is 4.83. The van der Waals surface area contributed by atoms with E-state index in [-0.39, 0.29) is 17.4 Å². The third-order valence-electron chi connectivity index (χ3n) is 2.74. The maximum Gasteiger partial charge on any atom is 0.247 e. The highest BCUT2D eigenvalue weighted by Gasteiger charge is 2.23. The topological polar surface area (TPSA) is 29.1 Å². The van der Waals surface area contributed by atoms with Crippen molar-refractivity contribution in [3.05, 3.63) is 11.6 Å². The molecule has 0 radical (unpaired) electrons. The van der Waals surface area contributed by atoms with Gasteiger partial charge in [0.05, 0.1) is 0 Å². The summed E-state index contributed by atoms with van der Waals surface area (Å²) in [5.74, 6) is 0.119. The molecule has 2 nitrogen and oxygen atoms in total. The van der Waals surface area contributed by atoms with E-state index in [1.54, 1.807) is 0 Å². The molecule has 0 aliphatic heterocycles. The summed E-state index contributed by atoms with van der Waals surface area (Å²) in [7, 11) is 0. The van der Waals surface area contributed by atoms with Crippen molar-refractivity contribution >= 4 is 5.91 Å². The third kappa shape index (κ3) is 2.58. The van der Waals surface area contributed by atoms with Crippen LogP contribution in [-0.2, 0) is 4.79 Å². The van der Waals surface area contributed by atoms with Crippen molar-refractivity contribution in [2.45, 2.75) is 46.6 Å². The average molecular weight is 181 g/mol. The molecule has 1 aliphatic carbocycles. The van der Waals surface area contributed by atoms with Crippen molar-refractivity contribution in [3.63, 3.8) is 0 Å². The van der Waals surface area contributed by atoms with Gasteiger partial charge in [-0.05, 0) is 25.2 Å². The van der Waals surface area contributed by atoms with Crippen LogP contribution in [0.1, 0.15) is 40.5 Å².